The highest BCUT2D eigenvalue weighted by atomic mass is 16.5. The van der Waals surface area contributed by atoms with Crippen LogP contribution in [0.25, 0.3) is 0 Å². The number of anilines is 1. The molecular formula is C23H20N2O4. The number of ether oxygens (including phenoxy) is 3. The first-order valence-electron chi connectivity index (χ1n) is 9.10. The zero-order chi connectivity index (χ0) is 20.5. The van der Waals surface area contributed by atoms with Gasteiger partial charge in [0.15, 0.2) is 12.4 Å². The third kappa shape index (κ3) is 5.75. The van der Waals surface area contributed by atoms with Gasteiger partial charge in [-0.3, -0.25) is 4.79 Å². The smallest absolute Gasteiger partial charge is 0.262 e. The maximum absolute atomic E-state index is 12.3. The number of carbonyl (C=O) groups excluding carboxylic acids is 1. The average Bonchev–Trinajstić information content (AvgIpc) is 2.75. The van der Waals surface area contributed by atoms with E-state index in [-0.39, 0.29) is 12.5 Å². The molecule has 0 aliphatic carbocycles. The van der Waals surface area contributed by atoms with Crippen LogP contribution in [0.3, 0.4) is 0 Å². The predicted molar refractivity (Wildman–Crippen MR) is 109 cm³/mol. The fraction of sp³-hybridized carbons (Fsp3) is 0.130. The number of nitrogens with zero attached hydrogens (tertiary/aromatic N) is 1. The van der Waals surface area contributed by atoms with Gasteiger partial charge < -0.3 is 19.5 Å². The second kappa shape index (κ2) is 9.81. The van der Waals surface area contributed by atoms with Crippen LogP contribution >= 0.6 is 0 Å². The van der Waals surface area contributed by atoms with Gasteiger partial charge in [0.05, 0.1) is 23.9 Å². The first kappa shape index (κ1) is 19.8. The van der Waals surface area contributed by atoms with Crippen molar-refractivity contribution in [2.45, 2.75) is 6.92 Å². The number of nitriles is 1. The Morgan fingerprint density at radius 3 is 2.21 bits per heavy atom. The topological polar surface area (TPSA) is 80.6 Å². The van der Waals surface area contributed by atoms with Crippen LogP contribution in [0.4, 0.5) is 5.69 Å². The van der Waals surface area contributed by atoms with E-state index in [9.17, 15) is 4.79 Å². The minimum absolute atomic E-state index is 0.163. The molecule has 6 nitrogen and oxygen atoms in total. The molecule has 0 saturated heterocycles. The molecule has 0 aliphatic heterocycles. The van der Waals surface area contributed by atoms with E-state index in [1.54, 1.807) is 48.5 Å². The third-order valence-electron chi connectivity index (χ3n) is 3.88. The van der Waals surface area contributed by atoms with Crippen LogP contribution in [-0.4, -0.2) is 19.1 Å². The number of rotatable bonds is 8. The molecule has 0 heterocycles. The summed E-state index contributed by atoms with van der Waals surface area (Å²) in [6, 6.07) is 23.0. The normalized spacial score (nSPS) is 9.93. The van der Waals surface area contributed by atoms with Gasteiger partial charge in [0.25, 0.3) is 5.91 Å². The highest BCUT2D eigenvalue weighted by Crippen LogP contribution is 2.30. The van der Waals surface area contributed by atoms with Crippen LogP contribution in [0.15, 0.2) is 72.8 Å². The second-order valence-corrected chi connectivity index (χ2v) is 5.98. The lowest BCUT2D eigenvalue weighted by atomic mass is 10.2. The van der Waals surface area contributed by atoms with Crippen molar-refractivity contribution in [2.75, 3.05) is 18.5 Å². The Hall–Kier alpha value is -3.98. The molecule has 0 fully saturated rings. The number of benzene rings is 3. The number of para-hydroxylation sites is 2. The van der Waals surface area contributed by atoms with Crippen LogP contribution in [0.1, 0.15) is 12.5 Å². The molecule has 0 aromatic heterocycles. The van der Waals surface area contributed by atoms with Crippen molar-refractivity contribution in [1.29, 1.82) is 5.26 Å². The Morgan fingerprint density at radius 2 is 1.52 bits per heavy atom. The predicted octanol–water partition coefficient (Wildman–Crippen LogP) is 4.77. The van der Waals surface area contributed by atoms with Crippen LogP contribution in [0, 0.1) is 11.3 Å². The molecule has 1 amide bonds. The monoisotopic (exact) mass is 388 g/mol. The van der Waals surface area contributed by atoms with E-state index in [4.69, 9.17) is 19.5 Å². The molecule has 146 valence electrons. The van der Waals surface area contributed by atoms with Crippen LogP contribution in [0.2, 0.25) is 0 Å². The van der Waals surface area contributed by atoms with E-state index in [2.05, 4.69) is 5.32 Å². The minimum Gasteiger partial charge on any atom is -0.494 e. The number of amides is 1. The van der Waals surface area contributed by atoms with Crippen molar-refractivity contribution in [3.63, 3.8) is 0 Å². The molecule has 0 aliphatic rings. The van der Waals surface area contributed by atoms with Gasteiger partial charge in [-0.2, -0.15) is 5.26 Å². The van der Waals surface area contributed by atoms with E-state index in [0.717, 1.165) is 5.75 Å². The molecule has 1 N–H and O–H groups in total. The summed E-state index contributed by atoms with van der Waals surface area (Å²) >= 11 is 0. The number of hydrogen-bond acceptors (Lipinski definition) is 5. The molecule has 6 heteroatoms. The van der Waals surface area contributed by atoms with Crippen LogP contribution < -0.4 is 19.5 Å². The molecule has 3 rings (SSSR count). The van der Waals surface area contributed by atoms with Gasteiger partial charge in [-0.05, 0) is 67.6 Å². The molecule has 0 unspecified atom stereocenters. The molecule has 0 radical (unpaired) electrons. The van der Waals surface area contributed by atoms with Crippen molar-refractivity contribution >= 4 is 11.6 Å². The fourth-order valence-corrected chi connectivity index (χ4v) is 2.52. The van der Waals surface area contributed by atoms with E-state index in [0.29, 0.717) is 35.1 Å². The summed E-state index contributed by atoms with van der Waals surface area (Å²) in [5.74, 6) is 2.10. The molecule has 29 heavy (non-hydrogen) atoms. The molecular weight excluding hydrogens is 368 g/mol. The Labute approximate surface area is 169 Å². The minimum atomic E-state index is -0.322. The van der Waals surface area contributed by atoms with Gasteiger partial charge in [0, 0.05) is 0 Å². The van der Waals surface area contributed by atoms with Gasteiger partial charge >= 0.3 is 0 Å². The summed E-state index contributed by atoms with van der Waals surface area (Å²) in [7, 11) is 0. The maximum atomic E-state index is 12.3. The summed E-state index contributed by atoms with van der Waals surface area (Å²) in [6.45, 7) is 2.36. The Morgan fingerprint density at radius 1 is 0.897 bits per heavy atom. The van der Waals surface area contributed by atoms with Crippen LogP contribution in [0.5, 0.6) is 23.0 Å². The summed E-state index contributed by atoms with van der Waals surface area (Å²) in [6.07, 6.45) is 0. The molecule has 0 spiro atoms. The van der Waals surface area contributed by atoms with E-state index in [1.807, 2.05) is 37.3 Å². The van der Waals surface area contributed by atoms with Crippen molar-refractivity contribution in [1.82, 2.24) is 0 Å². The lowest BCUT2D eigenvalue weighted by Gasteiger charge is -2.13. The van der Waals surface area contributed by atoms with Crippen molar-refractivity contribution < 1.29 is 19.0 Å². The Balaban J connectivity index is 1.60. The van der Waals surface area contributed by atoms with Gasteiger partial charge in [-0.25, -0.2) is 0 Å². The Kier molecular flexibility index (Phi) is 6.69. The van der Waals surface area contributed by atoms with Gasteiger partial charge in [-0.1, -0.05) is 12.1 Å². The number of hydrogen-bond donors (Lipinski definition) is 1. The standard InChI is InChI=1S/C23H20N2O4/c1-2-27-18-11-13-20(14-12-18)29-22-6-4-3-5-21(22)25-23(26)16-28-19-9-7-17(15-24)8-10-19/h3-14H,2,16H2,1H3,(H,25,26). The first-order valence-corrected chi connectivity index (χ1v) is 9.10. The van der Waals surface area contributed by atoms with E-state index in [1.165, 1.54) is 0 Å². The summed E-state index contributed by atoms with van der Waals surface area (Å²) in [5, 5.41) is 11.6. The lowest BCUT2D eigenvalue weighted by Crippen LogP contribution is -2.20. The maximum Gasteiger partial charge on any atom is 0.262 e. The third-order valence-corrected chi connectivity index (χ3v) is 3.88. The van der Waals surface area contributed by atoms with Crippen molar-refractivity contribution in [3.05, 3.63) is 78.4 Å². The largest absolute Gasteiger partial charge is 0.494 e. The van der Waals surface area contributed by atoms with E-state index < -0.39 is 0 Å². The molecule has 0 saturated carbocycles. The van der Waals surface area contributed by atoms with Gasteiger partial charge in [0.1, 0.15) is 17.2 Å². The second-order valence-electron chi connectivity index (χ2n) is 5.98. The highest BCUT2D eigenvalue weighted by molar-refractivity contribution is 5.93. The molecule has 0 atom stereocenters. The average molecular weight is 388 g/mol. The van der Waals surface area contributed by atoms with Gasteiger partial charge in [0.2, 0.25) is 0 Å². The quantitative estimate of drug-likeness (QED) is 0.601. The molecule has 3 aromatic rings. The summed E-state index contributed by atoms with van der Waals surface area (Å²) < 4.78 is 16.8. The zero-order valence-corrected chi connectivity index (χ0v) is 15.9. The van der Waals surface area contributed by atoms with Gasteiger partial charge in [-0.15, -0.1) is 0 Å². The summed E-state index contributed by atoms with van der Waals surface area (Å²) in [4.78, 5) is 12.3. The zero-order valence-electron chi connectivity index (χ0n) is 15.9. The van der Waals surface area contributed by atoms with Crippen molar-refractivity contribution in [2.24, 2.45) is 0 Å². The summed E-state index contributed by atoms with van der Waals surface area (Å²) in [5.41, 5.74) is 1.07. The first-order chi connectivity index (χ1) is 14.2. The highest BCUT2D eigenvalue weighted by Gasteiger charge is 2.09. The van der Waals surface area contributed by atoms with Crippen molar-refractivity contribution in [3.8, 4) is 29.1 Å². The fourth-order valence-electron chi connectivity index (χ4n) is 2.52. The van der Waals surface area contributed by atoms with E-state index >= 15 is 0 Å². The SMILES string of the molecule is CCOc1ccc(Oc2ccccc2NC(=O)COc2ccc(C#N)cc2)cc1. The lowest BCUT2D eigenvalue weighted by molar-refractivity contribution is -0.118. The number of nitrogens with one attached hydrogen (secondary N) is 1. The molecule has 0 bridgehead atoms. The van der Waals surface area contributed by atoms with Crippen LogP contribution in [-0.2, 0) is 4.79 Å². The Bertz CT molecular complexity index is 993. The molecule has 3 aromatic carbocycles. The number of carbonyl (C=O) groups is 1.